The standard InChI is InChI=1S/C16H21N3.C10H12.C4H8.C2H6/c1-11-3-8-15(19-2)9-13(11)10-16(18)12-4-6-14(17)7-5-12;1-4-10-6-8(2)5-9(3)7-10;1-4(2)3;1-2/h3-6,8-9,14,18-19H,7,10,17H2,1-2H3;4-7H,1H2,2-3H3;1H2,2-3H3;1-2H3. The molecule has 0 saturated heterocycles. The van der Waals surface area contributed by atoms with Crippen LogP contribution in [0.1, 0.15) is 61.9 Å². The molecule has 0 aliphatic heterocycles. The Morgan fingerprint density at radius 1 is 1.09 bits per heavy atom. The Kier molecular flexibility index (Phi) is 15.7. The summed E-state index contributed by atoms with van der Waals surface area (Å²) in [7, 11) is 1.91. The minimum Gasteiger partial charge on any atom is -0.388 e. The fourth-order valence-electron chi connectivity index (χ4n) is 3.30. The summed E-state index contributed by atoms with van der Waals surface area (Å²) in [6.07, 6.45) is 9.36. The highest BCUT2D eigenvalue weighted by Crippen LogP contribution is 2.19. The first kappa shape index (κ1) is 31.8. The van der Waals surface area contributed by atoms with Crippen LogP contribution in [0.15, 0.2) is 78.9 Å². The summed E-state index contributed by atoms with van der Waals surface area (Å²) in [5.74, 6) is 0. The SMILES string of the molecule is C=C(C)C.C=Cc1cc(C)cc(C)c1.CC.CNc1ccc(C)c(CC(=N)C2=CCC(N)C=C2)c1. The zero-order chi connectivity index (χ0) is 27.0. The van der Waals surface area contributed by atoms with Gasteiger partial charge in [-0.15, -0.1) is 6.58 Å². The molecule has 190 valence electrons. The first-order valence-corrected chi connectivity index (χ1v) is 12.4. The van der Waals surface area contributed by atoms with Gasteiger partial charge in [-0.1, -0.05) is 85.7 Å². The largest absolute Gasteiger partial charge is 0.388 e. The van der Waals surface area contributed by atoms with Crippen LogP contribution in [-0.2, 0) is 6.42 Å². The lowest BCUT2D eigenvalue weighted by atomic mass is 9.94. The average Bonchev–Trinajstić information content (AvgIpc) is 2.81. The van der Waals surface area contributed by atoms with Crippen LogP contribution in [0.4, 0.5) is 5.69 Å². The van der Waals surface area contributed by atoms with Crippen molar-refractivity contribution >= 4 is 17.5 Å². The Labute approximate surface area is 215 Å². The fraction of sp³-hybridized carbons (Fsp3) is 0.344. The number of allylic oxidation sites excluding steroid dienone is 3. The molecule has 0 bridgehead atoms. The van der Waals surface area contributed by atoms with Gasteiger partial charge >= 0.3 is 0 Å². The van der Waals surface area contributed by atoms with Crippen molar-refractivity contribution in [1.29, 1.82) is 5.41 Å². The maximum Gasteiger partial charge on any atom is 0.0426 e. The Morgan fingerprint density at radius 3 is 2.11 bits per heavy atom. The number of nitrogens with two attached hydrogens (primary N) is 1. The first-order chi connectivity index (χ1) is 16.5. The normalized spacial score (nSPS) is 13.4. The maximum atomic E-state index is 8.23. The molecule has 0 saturated carbocycles. The van der Waals surface area contributed by atoms with Crippen LogP contribution < -0.4 is 11.1 Å². The van der Waals surface area contributed by atoms with Gasteiger partial charge in [-0.25, -0.2) is 0 Å². The van der Waals surface area contributed by atoms with E-state index < -0.39 is 0 Å². The van der Waals surface area contributed by atoms with Gasteiger partial charge in [0.25, 0.3) is 0 Å². The van der Waals surface area contributed by atoms with E-state index in [0.717, 1.165) is 17.7 Å². The topological polar surface area (TPSA) is 61.9 Å². The lowest BCUT2D eigenvalue weighted by molar-refractivity contribution is 0.822. The molecule has 0 radical (unpaired) electrons. The maximum absolute atomic E-state index is 8.23. The van der Waals surface area contributed by atoms with Crippen molar-refractivity contribution < 1.29 is 0 Å². The van der Waals surface area contributed by atoms with E-state index >= 15 is 0 Å². The smallest absolute Gasteiger partial charge is 0.0426 e. The summed E-state index contributed by atoms with van der Waals surface area (Å²) in [5.41, 5.74) is 15.9. The molecule has 2 aromatic carbocycles. The van der Waals surface area contributed by atoms with Gasteiger partial charge in [0.1, 0.15) is 0 Å². The first-order valence-electron chi connectivity index (χ1n) is 12.4. The Bertz CT molecular complexity index is 1000. The van der Waals surface area contributed by atoms with Crippen molar-refractivity contribution in [2.24, 2.45) is 5.73 Å². The van der Waals surface area contributed by atoms with Gasteiger partial charge in [-0.2, -0.15) is 0 Å². The third-order valence-corrected chi connectivity index (χ3v) is 4.97. The Hall–Kier alpha value is -3.17. The molecule has 0 amide bonds. The van der Waals surface area contributed by atoms with Crippen molar-refractivity contribution in [2.75, 3.05) is 12.4 Å². The summed E-state index contributed by atoms with van der Waals surface area (Å²) in [6.45, 7) is 21.5. The quantitative estimate of drug-likeness (QED) is 0.302. The molecule has 3 nitrogen and oxygen atoms in total. The molecular weight excluding hydrogens is 426 g/mol. The van der Waals surface area contributed by atoms with E-state index in [-0.39, 0.29) is 6.04 Å². The Morgan fingerprint density at radius 2 is 1.66 bits per heavy atom. The van der Waals surface area contributed by atoms with Crippen LogP contribution in [0.25, 0.3) is 6.08 Å². The fourth-order valence-corrected chi connectivity index (χ4v) is 3.30. The van der Waals surface area contributed by atoms with E-state index in [9.17, 15) is 0 Å². The van der Waals surface area contributed by atoms with E-state index in [0.29, 0.717) is 12.1 Å². The number of benzene rings is 2. The van der Waals surface area contributed by atoms with Crippen molar-refractivity contribution in [2.45, 2.75) is 67.3 Å². The van der Waals surface area contributed by atoms with Gasteiger partial charge in [0.15, 0.2) is 0 Å². The molecule has 0 heterocycles. The molecule has 0 fully saturated rings. The number of rotatable bonds is 5. The molecule has 2 aromatic rings. The summed E-state index contributed by atoms with van der Waals surface area (Å²) < 4.78 is 0. The molecular formula is C32H47N3. The van der Waals surface area contributed by atoms with E-state index in [4.69, 9.17) is 11.1 Å². The highest BCUT2D eigenvalue weighted by Gasteiger charge is 2.10. The molecule has 1 aliphatic carbocycles. The zero-order valence-electron chi connectivity index (χ0n) is 23.3. The third-order valence-electron chi connectivity index (χ3n) is 4.97. The summed E-state index contributed by atoms with van der Waals surface area (Å²) in [4.78, 5) is 0. The van der Waals surface area contributed by atoms with E-state index in [2.05, 4.69) is 81.7 Å². The van der Waals surface area contributed by atoms with Crippen molar-refractivity contribution in [3.05, 3.63) is 107 Å². The monoisotopic (exact) mass is 473 g/mol. The molecule has 1 unspecified atom stereocenters. The number of hydrogen-bond donors (Lipinski definition) is 3. The predicted octanol–water partition coefficient (Wildman–Crippen LogP) is 8.37. The zero-order valence-corrected chi connectivity index (χ0v) is 23.3. The van der Waals surface area contributed by atoms with Gasteiger partial charge in [0.2, 0.25) is 0 Å². The molecule has 4 N–H and O–H groups in total. The number of aryl methyl sites for hydroxylation is 3. The molecule has 3 rings (SSSR count). The second-order valence-corrected chi connectivity index (χ2v) is 8.80. The summed E-state index contributed by atoms with van der Waals surface area (Å²) in [5, 5.41) is 11.4. The highest BCUT2D eigenvalue weighted by atomic mass is 14.8. The van der Waals surface area contributed by atoms with Gasteiger partial charge in [0.05, 0.1) is 0 Å². The van der Waals surface area contributed by atoms with Crippen molar-refractivity contribution in [1.82, 2.24) is 0 Å². The van der Waals surface area contributed by atoms with Gasteiger partial charge in [-0.3, -0.25) is 0 Å². The van der Waals surface area contributed by atoms with Crippen LogP contribution in [0.5, 0.6) is 0 Å². The van der Waals surface area contributed by atoms with Gasteiger partial charge < -0.3 is 16.5 Å². The number of nitrogens with one attached hydrogen (secondary N) is 2. The lowest BCUT2D eigenvalue weighted by Crippen LogP contribution is -2.19. The third kappa shape index (κ3) is 13.3. The van der Waals surface area contributed by atoms with E-state index in [1.807, 2.05) is 53.0 Å². The second kappa shape index (κ2) is 17.3. The van der Waals surface area contributed by atoms with E-state index in [1.165, 1.54) is 33.4 Å². The number of hydrogen-bond acceptors (Lipinski definition) is 3. The summed E-state index contributed by atoms with van der Waals surface area (Å²) >= 11 is 0. The molecule has 0 spiro atoms. The van der Waals surface area contributed by atoms with Crippen molar-refractivity contribution in [3.8, 4) is 0 Å². The van der Waals surface area contributed by atoms with Crippen LogP contribution in [0.2, 0.25) is 0 Å². The Balaban J connectivity index is 0.000000604. The second-order valence-electron chi connectivity index (χ2n) is 8.80. The molecule has 1 aliphatic rings. The molecule has 3 heteroatoms. The van der Waals surface area contributed by atoms with Gasteiger partial charge in [-0.05, 0) is 75.4 Å². The minimum absolute atomic E-state index is 0.103. The van der Waals surface area contributed by atoms with Crippen LogP contribution in [0, 0.1) is 26.2 Å². The summed E-state index contributed by atoms with van der Waals surface area (Å²) in [6, 6.07) is 12.8. The average molecular weight is 474 g/mol. The van der Waals surface area contributed by atoms with Crippen LogP contribution in [-0.4, -0.2) is 18.8 Å². The highest BCUT2D eigenvalue weighted by molar-refractivity contribution is 6.01. The molecule has 1 atom stereocenters. The van der Waals surface area contributed by atoms with Gasteiger partial charge in [0, 0.05) is 30.9 Å². The van der Waals surface area contributed by atoms with Crippen molar-refractivity contribution in [3.63, 3.8) is 0 Å². The van der Waals surface area contributed by atoms with E-state index in [1.54, 1.807) is 0 Å². The molecule has 0 aromatic heterocycles. The minimum atomic E-state index is 0.103. The van der Waals surface area contributed by atoms with Crippen LogP contribution >= 0.6 is 0 Å². The molecule has 35 heavy (non-hydrogen) atoms. The van der Waals surface area contributed by atoms with Crippen LogP contribution in [0.3, 0.4) is 0 Å². The lowest BCUT2D eigenvalue weighted by Gasteiger charge is -2.14. The predicted molar refractivity (Wildman–Crippen MR) is 160 cm³/mol. The number of anilines is 1.